The largest absolute Gasteiger partial charge is 0.477 e. The van der Waals surface area contributed by atoms with Crippen LogP contribution in [0.2, 0.25) is 0 Å². The minimum absolute atomic E-state index is 0. The normalized spacial score (nSPS) is 8.75. The Morgan fingerprint density at radius 2 is 2.33 bits per heavy atom. The maximum absolute atomic E-state index is 10.5. The molecule has 1 aromatic rings. The van der Waals surface area contributed by atoms with Gasteiger partial charge in [-0.1, -0.05) is 22.0 Å². The lowest BCUT2D eigenvalue weighted by Crippen LogP contribution is -2.03. The van der Waals surface area contributed by atoms with Gasteiger partial charge in [0.1, 0.15) is 0 Å². The van der Waals surface area contributed by atoms with Crippen molar-refractivity contribution in [3.8, 4) is 0 Å². The summed E-state index contributed by atoms with van der Waals surface area (Å²) in [5, 5.41) is 9.13. The predicted molar refractivity (Wildman–Crippen MR) is 54.1 cm³/mol. The van der Waals surface area contributed by atoms with Crippen LogP contribution in [0.4, 0.5) is 0 Å². The first-order valence-corrected chi connectivity index (χ1v) is 4.11. The highest BCUT2D eigenvalue weighted by Crippen LogP contribution is 2.08. The maximum Gasteiger partial charge on any atom is 0.354 e. The second kappa shape index (κ2) is 5.27. The molecule has 1 heterocycles. The molecule has 0 fully saturated rings. The number of hydrogen-bond acceptors (Lipinski definition) is 2. The summed E-state index contributed by atoms with van der Waals surface area (Å²) in [6, 6.07) is 3.44. The Morgan fingerprint density at radius 1 is 1.67 bits per heavy atom. The van der Waals surface area contributed by atoms with Crippen LogP contribution in [0, 0.1) is 0 Å². The Kier molecular flexibility index (Phi) is 5.08. The highest BCUT2D eigenvalue weighted by molar-refractivity contribution is 9.08. The lowest BCUT2D eigenvalue weighted by atomic mass is 10.2. The first-order chi connectivity index (χ1) is 5.25. The minimum Gasteiger partial charge on any atom is -0.477 e. The number of aromatic carboxylic acids is 1. The Balaban J connectivity index is 0.00000121. The molecule has 1 N–H and O–H groups in total. The van der Waals surface area contributed by atoms with Gasteiger partial charge in [0, 0.05) is 11.5 Å². The second-order valence-corrected chi connectivity index (χ2v) is 2.51. The number of aromatic nitrogens is 1. The van der Waals surface area contributed by atoms with Crippen molar-refractivity contribution in [3.05, 3.63) is 29.6 Å². The number of rotatable bonds is 2. The molecule has 5 heteroatoms. The van der Waals surface area contributed by atoms with Crippen molar-refractivity contribution in [2.24, 2.45) is 0 Å². The van der Waals surface area contributed by atoms with E-state index in [1.807, 2.05) is 0 Å². The highest BCUT2D eigenvalue weighted by Gasteiger charge is 2.08. The molecule has 0 aliphatic carbocycles. The van der Waals surface area contributed by atoms with Crippen LogP contribution < -0.4 is 0 Å². The topological polar surface area (TPSA) is 50.2 Å². The van der Waals surface area contributed by atoms with E-state index >= 15 is 0 Å². The molecule has 0 bridgehead atoms. The zero-order valence-corrected chi connectivity index (χ0v) is 9.33. The fourth-order valence-corrected chi connectivity index (χ4v) is 1.19. The summed E-state index contributed by atoms with van der Waals surface area (Å²) in [7, 11) is 0. The number of nitrogens with zero attached hydrogens (tertiary/aromatic N) is 1. The van der Waals surface area contributed by atoms with E-state index in [1.165, 1.54) is 6.20 Å². The number of pyridine rings is 1. The van der Waals surface area contributed by atoms with Crippen LogP contribution in [-0.4, -0.2) is 16.1 Å². The molecule has 0 radical (unpaired) electrons. The van der Waals surface area contributed by atoms with Gasteiger partial charge in [0.2, 0.25) is 0 Å². The van der Waals surface area contributed by atoms with Gasteiger partial charge in [-0.2, -0.15) is 0 Å². The molecule has 0 aliphatic heterocycles. The van der Waals surface area contributed by atoms with Gasteiger partial charge in [0.15, 0.2) is 5.69 Å². The number of alkyl halides is 1. The van der Waals surface area contributed by atoms with Crippen LogP contribution >= 0.6 is 32.9 Å². The molecule has 0 spiro atoms. The molecule has 0 amide bonds. The third kappa shape index (κ3) is 2.57. The van der Waals surface area contributed by atoms with Gasteiger partial charge in [-0.05, 0) is 11.6 Å². The van der Waals surface area contributed by atoms with E-state index < -0.39 is 5.97 Å². The number of carbonyl (C=O) groups is 1. The minimum atomic E-state index is -0.986. The molecular weight excluding hydrogens is 290 g/mol. The third-order valence-corrected chi connectivity index (χ3v) is 1.84. The van der Waals surface area contributed by atoms with Crippen LogP contribution in [-0.2, 0) is 5.33 Å². The molecular formula is C7H7Br2NO2. The highest BCUT2D eigenvalue weighted by atomic mass is 79.9. The first-order valence-electron chi connectivity index (χ1n) is 2.99. The molecule has 1 rings (SSSR count). The van der Waals surface area contributed by atoms with E-state index in [4.69, 9.17) is 5.11 Å². The van der Waals surface area contributed by atoms with Gasteiger partial charge < -0.3 is 5.11 Å². The van der Waals surface area contributed by atoms with Gasteiger partial charge in [-0.15, -0.1) is 17.0 Å². The van der Waals surface area contributed by atoms with E-state index in [0.717, 1.165) is 0 Å². The van der Waals surface area contributed by atoms with Crippen LogP contribution in [0.25, 0.3) is 0 Å². The van der Waals surface area contributed by atoms with Crippen molar-refractivity contribution in [2.75, 3.05) is 0 Å². The smallest absolute Gasteiger partial charge is 0.354 e. The first kappa shape index (κ1) is 11.6. The van der Waals surface area contributed by atoms with E-state index in [1.54, 1.807) is 12.1 Å². The quantitative estimate of drug-likeness (QED) is 0.852. The van der Waals surface area contributed by atoms with Crippen LogP contribution in [0.1, 0.15) is 16.1 Å². The Hall–Kier alpha value is -0.420. The van der Waals surface area contributed by atoms with Gasteiger partial charge in [-0.3, -0.25) is 0 Å². The van der Waals surface area contributed by atoms with Crippen molar-refractivity contribution in [1.29, 1.82) is 0 Å². The molecule has 1 aromatic heterocycles. The van der Waals surface area contributed by atoms with Gasteiger partial charge >= 0.3 is 5.97 Å². The Labute approximate surface area is 88.7 Å². The van der Waals surface area contributed by atoms with Crippen LogP contribution in [0.5, 0.6) is 0 Å². The van der Waals surface area contributed by atoms with E-state index in [0.29, 0.717) is 10.9 Å². The van der Waals surface area contributed by atoms with E-state index in [9.17, 15) is 4.79 Å². The molecule has 0 atom stereocenters. The van der Waals surface area contributed by atoms with Gasteiger partial charge in [-0.25, -0.2) is 9.78 Å². The van der Waals surface area contributed by atoms with Crippen LogP contribution in [0.3, 0.4) is 0 Å². The lowest BCUT2D eigenvalue weighted by Gasteiger charge is -1.98. The van der Waals surface area contributed by atoms with E-state index in [2.05, 4.69) is 20.9 Å². The number of hydrogen-bond donors (Lipinski definition) is 1. The second-order valence-electron chi connectivity index (χ2n) is 1.95. The monoisotopic (exact) mass is 295 g/mol. The zero-order chi connectivity index (χ0) is 8.27. The van der Waals surface area contributed by atoms with Gasteiger partial charge in [0.25, 0.3) is 0 Å². The third-order valence-electron chi connectivity index (χ3n) is 1.24. The summed E-state index contributed by atoms with van der Waals surface area (Å²) in [4.78, 5) is 14.2. The maximum atomic E-state index is 10.5. The van der Waals surface area contributed by atoms with Crippen molar-refractivity contribution in [3.63, 3.8) is 0 Å². The van der Waals surface area contributed by atoms with Crippen molar-refractivity contribution >= 4 is 38.9 Å². The standard InChI is InChI=1S/C7H6BrNO2.BrH/c8-4-5-2-1-3-9-6(5)7(10)11;/h1-3H,4H2,(H,10,11);1H. The lowest BCUT2D eigenvalue weighted by molar-refractivity contribution is 0.0689. The number of carboxylic acid groups (broad SMARTS) is 1. The number of halogens is 2. The van der Waals surface area contributed by atoms with Crippen molar-refractivity contribution in [2.45, 2.75) is 5.33 Å². The Morgan fingerprint density at radius 3 is 2.75 bits per heavy atom. The summed E-state index contributed by atoms with van der Waals surface area (Å²) in [5.41, 5.74) is 0.810. The number of carboxylic acids is 1. The zero-order valence-electron chi connectivity index (χ0n) is 6.03. The van der Waals surface area contributed by atoms with Crippen molar-refractivity contribution in [1.82, 2.24) is 4.98 Å². The molecule has 0 unspecified atom stereocenters. The molecule has 0 saturated heterocycles. The molecule has 0 aromatic carbocycles. The summed E-state index contributed by atoms with van der Waals surface area (Å²) in [5.74, 6) is -0.986. The summed E-state index contributed by atoms with van der Waals surface area (Å²) in [6.45, 7) is 0. The van der Waals surface area contributed by atoms with E-state index in [-0.39, 0.29) is 22.7 Å². The molecule has 0 saturated carbocycles. The van der Waals surface area contributed by atoms with Crippen LogP contribution in [0.15, 0.2) is 18.3 Å². The predicted octanol–water partition coefficient (Wildman–Crippen LogP) is 2.25. The average molecular weight is 297 g/mol. The fourth-order valence-electron chi connectivity index (χ4n) is 0.739. The summed E-state index contributed by atoms with van der Waals surface area (Å²) in [6.07, 6.45) is 1.47. The SMILES string of the molecule is Br.O=C(O)c1ncccc1CBr. The molecule has 3 nitrogen and oxygen atoms in total. The molecule has 0 aliphatic rings. The molecule has 12 heavy (non-hydrogen) atoms. The average Bonchev–Trinajstić information content (AvgIpc) is 2.04. The van der Waals surface area contributed by atoms with Crippen molar-refractivity contribution < 1.29 is 9.90 Å². The fraction of sp³-hybridized carbons (Fsp3) is 0.143. The van der Waals surface area contributed by atoms with Gasteiger partial charge in [0.05, 0.1) is 0 Å². The summed E-state index contributed by atoms with van der Waals surface area (Å²) < 4.78 is 0. The molecule has 66 valence electrons. The Bertz CT molecular complexity index is 278. The summed E-state index contributed by atoms with van der Waals surface area (Å²) >= 11 is 3.17.